The quantitative estimate of drug-likeness (QED) is 0.866. The van der Waals surface area contributed by atoms with Crippen LogP contribution in [-0.4, -0.2) is 34.3 Å². The minimum Gasteiger partial charge on any atom is -0.393 e. The highest BCUT2D eigenvalue weighted by Gasteiger charge is 2.26. The Bertz CT molecular complexity index is 630. The van der Waals surface area contributed by atoms with Crippen LogP contribution in [0.1, 0.15) is 25.1 Å². The summed E-state index contributed by atoms with van der Waals surface area (Å²) in [7, 11) is 0. The molecule has 4 nitrogen and oxygen atoms in total. The van der Waals surface area contributed by atoms with Gasteiger partial charge in [0, 0.05) is 18.0 Å². The highest BCUT2D eigenvalue weighted by Crippen LogP contribution is 2.34. The molecule has 2 aromatic heterocycles. The number of aryl methyl sites for hydroxylation is 1. The second-order valence-electron chi connectivity index (χ2n) is 5.38. The number of piperidine rings is 1. The number of aliphatic hydroxyl groups is 1. The van der Waals surface area contributed by atoms with Crippen molar-refractivity contribution in [2.75, 3.05) is 18.0 Å². The SMILES string of the molecule is CCc1cc2c(N3CCC(O)C(C)C3)nc(Cl)nc2s1. The first-order valence-electron chi connectivity index (χ1n) is 6.97. The van der Waals surface area contributed by atoms with E-state index in [1.807, 2.05) is 0 Å². The number of halogens is 1. The van der Waals surface area contributed by atoms with Crippen molar-refractivity contribution < 1.29 is 5.11 Å². The molecule has 0 amide bonds. The van der Waals surface area contributed by atoms with E-state index in [0.29, 0.717) is 5.28 Å². The molecule has 3 rings (SSSR count). The molecule has 20 heavy (non-hydrogen) atoms. The fourth-order valence-electron chi connectivity index (χ4n) is 2.67. The van der Waals surface area contributed by atoms with Gasteiger partial charge in [0.25, 0.3) is 0 Å². The average molecular weight is 312 g/mol. The largest absolute Gasteiger partial charge is 0.393 e. The first kappa shape index (κ1) is 14.0. The summed E-state index contributed by atoms with van der Waals surface area (Å²) in [5.41, 5.74) is 0. The lowest BCUT2D eigenvalue weighted by atomic mass is 9.97. The molecule has 2 aromatic rings. The smallest absolute Gasteiger partial charge is 0.225 e. The Morgan fingerprint density at radius 3 is 3.00 bits per heavy atom. The first-order valence-corrected chi connectivity index (χ1v) is 8.17. The van der Waals surface area contributed by atoms with Gasteiger partial charge < -0.3 is 10.0 Å². The van der Waals surface area contributed by atoms with E-state index in [1.165, 1.54) is 4.88 Å². The lowest BCUT2D eigenvalue weighted by Crippen LogP contribution is -2.42. The van der Waals surface area contributed by atoms with Crippen molar-refractivity contribution in [3.05, 3.63) is 16.2 Å². The standard InChI is InChI=1S/C14H18ClN3OS/c1-3-9-6-10-12(16-14(15)17-13(10)20-9)18-5-4-11(19)8(2)7-18/h6,8,11,19H,3-5,7H2,1-2H3. The Morgan fingerprint density at radius 2 is 2.30 bits per heavy atom. The third-order valence-electron chi connectivity index (χ3n) is 3.90. The maximum atomic E-state index is 9.87. The molecule has 0 bridgehead atoms. The van der Waals surface area contributed by atoms with Gasteiger partial charge in [-0.15, -0.1) is 11.3 Å². The van der Waals surface area contributed by atoms with Gasteiger partial charge in [-0.2, -0.15) is 4.98 Å². The van der Waals surface area contributed by atoms with Crippen LogP contribution in [0.4, 0.5) is 5.82 Å². The molecule has 0 saturated carbocycles. The van der Waals surface area contributed by atoms with Gasteiger partial charge >= 0.3 is 0 Å². The summed E-state index contributed by atoms with van der Waals surface area (Å²) in [6.07, 6.45) is 1.55. The molecule has 1 N–H and O–H groups in total. The molecule has 1 aliphatic heterocycles. The lowest BCUT2D eigenvalue weighted by molar-refractivity contribution is 0.0969. The number of fused-ring (bicyclic) bond motifs is 1. The minimum atomic E-state index is -0.215. The predicted octanol–water partition coefficient (Wildman–Crippen LogP) is 3.11. The molecular formula is C14H18ClN3OS. The number of anilines is 1. The molecule has 2 atom stereocenters. The van der Waals surface area contributed by atoms with Gasteiger partial charge in [-0.05, 0) is 36.4 Å². The Hall–Kier alpha value is -0.910. The number of aliphatic hydroxyl groups excluding tert-OH is 1. The zero-order valence-corrected chi connectivity index (χ0v) is 13.2. The van der Waals surface area contributed by atoms with Gasteiger partial charge in [-0.25, -0.2) is 4.98 Å². The van der Waals surface area contributed by atoms with Crippen LogP contribution in [0.25, 0.3) is 10.2 Å². The summed E-state index contributed by atoms with van der Waals surface area (Å²) in [6, 6.07) is 2.17. The van der Waals surface area contributed by atoms with E-state index >= 15 is 0 Å². The Balaban J connectivity index is 2.03. The van der Waals surface area contributed by atoms with Gasteiger partial charge in [-0.1, -0.05) is 13.8 Å². The maximum absolute atomic E-state index is 9.87. The van der Waals surface area contributed by atoms with Gasteiger partial charge in [0.1, 0.15) is 10.6 Å². The Morgan fingerprint density at radius 1 is 1.50 bits per heavy atom. The van der Waals surface area contributed by atoms with Crippen molar-refractivity contribution in [1.82, 2.24) is 9.97 Å². The van der Waals surface area contributed by atoms with Crippen LogP contribution in [0.2, 0.25) is 5.28 Å². The summed E-state index contributed by atoms with van der Waals surface area (Å²) in [4.78, 5) is 13.2. The van der Waals surface area contributed by atoms with E-state index in [2.05, 4.69) is 34.8 Å². The number of nitrogens with zero attached hydrogens (tertiary/aromatic N) is 3. The van der Waals surface area contributed by atoms with Crippen molar-refractivity contribution >= 4 is 39.0 Å². The summed E-state index contributed by atoms with van der Waals surface area (Å²) in [5, 5.41) is 11.3. The van der Waals surface area contributed by atoms with E-state index in [9.17, 15) is 5.11 Å². The van der Waals surface area contributed by atoms with Crippen LogP contribution in [0, 0.1) is 5.92 Å². The van der Waals surface area contributed by atoms with Crippen molar-refractivity contribution in [3.63, 3.8) is 0 Å². The summed E-state index contributed by atoms with van der Waals surface area (Å²) >= 11 is 7.75. The highest BCUT2D eigenvalue weighted by molar-refractivity contribution is 7.18. The Kier molecular flexibility index (Phi) is 3.84. The third-order valence-corrected chi connectivity index (χ3v) is 5.25. The van der Waals surface area contributed by atoms with E-state index in [0.717, 1.165) is 42.0 Å². The average Bonchev–Trinajstić information content (AvgIpc) is 2.83. The fraction of sp³-hybridized carbons (Fsp3) is 0.571. The molecule has 1 fully saturated rings. The molecule has 0 radical (unpaired) electrons. The maximum Gasteiger partial charge on any atom is 0.225 e. The van der Waals surface area contributed by atoms with E-state index < -0.39 is 0 Å². The second kappa shape index (κ2) is 5.47. The van der Waals surface area contributed by atoms with Gasteiger partial charge in [0.2, 0.25) is 5.28 Å². The zero-order chi connectivity index (χ0) is 14.3. The molecule has 2 unspecified atom stereocenters. The van der Waals surface area contributed by atoms with Crippen LogP contribution in [0.5, 0.6) is 0 Å². The van der Waals surface area contributed by atoms with Gasteiger partial charge in [-0.3, -0.25) is 0 Å². The topological polar surface area (TPSA) is 49.2 Å². The monoisotopic (exact) mass is 311 g/mol. The molecule has 0 aliphatic carbocycles. The summed E-state index contributed by atoms with van der Waals surface area (Å²) in [6.45, 7) is 5.83. The fourth-order valence-corrected chi connectivity index (χ4v) is 3.85. The van der Waals surface area contributed by atoms with Crippen LogP contribution < -0.4 is 4.90 Å². The molecule has 0 aromatic carbocycles. The molecule has 6 heteroatoms. The predicted molar refractivity (Wildman–Crippen MR) is 83.8 cm³/mol. The molecule has 0 spiro atoms. The van der Waals surface area contributed by atoms with E-state index in [-0.39, 0.29) is 12.0 Å². The van der Waals surface area contributed by atoms with Crippen LogP contribution in [-0.2, 0) is 6.42 Å². The molecule has 3 heterocycles. The number of hydrogen-bond donors (Lipinski definition) is 1. The first-order chi connectivity index (χ1) is 9.58. The van der Waals surface area contributed by atoms with Crippen LogP contribution >= 0.6 is 22.9 Å². The Labute approximate surface area is 127 Å². The van der Waals surface area contributed by atoms with E-state index in [1.54, 1.807) is 11.3 Å². The van der Waals surface area contributed by atoms with Crippen molar-refractivity contribution in [2.24, 2.45) is 5.92 Å². The minimum absolute atomic E-state index is 0.215. The molecule has 1 saturated heterocycles. The molecule has 108 valence electrons. The molecular weight excluding hydrogens is 294 g/mol. The normalized spacial score (nSPS) is 23.5. The summed E-state index contributed by atoms with van der Waals surface area (Å²) in [5.74, 6) is 1.16. The third kappa shape index (κ3) is 2.50. The van der Waals surface area contributed by atoms with Gasteiger partial charge in [0.15, 0.2) is 0 Å². The molecule has 1 aliphatic rings. The zero-order valence-electron chi connectivity index (χ0n) is 11.6. The van der Waals surface area contributed by atoms with Crippen molar-refractivity contribution in [1.29, 1.82) is 0 Å². The van der Waals surface area contributed by atoms with E-state index in [4.69, 9.17) is 11.6 Å². The van der Waals surface area contributed by atoms with Crippen molar-refractivity contribution in [3.8, 4) is 0 Å². The summed E-state index contributed by atoms with van der Waals surface area (Å²) < 4.78 is 0. The van der Waals surface area contributed by atoms with Gasteiger partial charge in [0.05, 0.1) is 11.5 Å². The van der Waals surface area contributed by atoms with Crippen molar-refractivity contribution in [2.45, 2.75) is 32.8 Å². The van der Waals surface area contributed by atoms with Crippen LogP contribution in [0.15, 0.2) is 6.07 Å². The lowest BCUT2D eigenvalue weighted by Gasteiger charge is -2.35. The second-order valence-corrected chi connectivity index (χ2v) is 6.83. The number of hydrogen-bond acceptors (Lipinski definition) is 5. The number of thiophene rings is 1. The number of rotatable bonds is 2. The van der Waals surface area contributed by atoms with Crippen LogP contribution in [0.3, 0.4) is 0 Å². The highest BCUT2D eigenvalue weighted by atomic mass is 35.5. The number of aromatic nitrogens is 2.